The summed E-state index contributed by atoms with van der Waals surface area (Å²) in [5.41, 5.74) is 1.98. The number of fused-ring (bicyclic) bond motifs is 1. The molecule has 4 fully saturated rings. The average Bonchev–Trinajstić information content (AvgIpc) is 3.32. The van der Waals surface area contributed by atoms with Gasteiger partial charge in [-0.25, -0.2) is 9.40 Å². The standard InChI is InChI=1S/C20H23ClF4N4O3/c1-29-17(20(23,24)25)12(8-26-29)18(31)28-19-5-10(6-19)15(7-19)27-16(30)9-32-11-2-3-13(21)14(22)4-11/h2-4,10,12,15,17,26H,5-9H2,1H3,(H,27,30)(H,28,31)/t10?,12?,15-,17?,19?/m0/s1. The average molecular weight is 479 g/mol. The van der Waals surface area contributed by atoms with Gasteiger partial charge < -0.3 is 15.4 Å². The smallest absolute Gasteiger partial charge is 0.406 e. The van der Waals surface area contributed by atoms with Gasteiger partial charge in [-0.05, 0) is 37.3 Å². The van der Waals surface area contributed by atoms with Crippen LogP contribution in [-0.2, 0) is 9.59 Å². The molecule has 1 aliphatic heterocycles. The number of carbonyl (C=O) groups excluding carboxylic acids is 2. The SMILES string of the molecule is CN1NCC(C(=O)NC23CC(C2)[C@@H](NC(=O)COc2ccc(Cl)c(F)c2)C3)C1C(F)(F)F. The van der Waals surface area contributed by atoms with Crippen molar-refractivity contribution in [3.63, 3.8) is 0 Å². The topological polar surface area (TPSA) is 82.7 Å². The summed E-state index contributed by atoms with van der Waals surface area (Å²) in [5, 5.41) is 6.53. The Morgan fingerprint density at radius 1 is 1.31 bits per heavy atom. The minimum absolute atomic E-state index is 0.0542. The van der Waals surface area contributed by atoms with Gasteiger partial charge in [-0.1, -0.05) is 11.6 Å². The van der Waals surface area contributed by atoms with Gasteiger partial charge >= 0.3 is 6.18 Å². The fraction of sp³-hybridized carbons (Fsp3) is 0.600. The summed E-state index contributed by atoms with van der Waals surface area (Å²) in [4.78, 5) is 24.9. The molecule has 0 radical (unpaired) electrons. The number of alkyl halides is 3. The Kier molecular flexibility index (Phi) is 6.01. The Labute approximate surface area is 186 Å². The lowest BCUT2D eigenvalue weighted by atomic mass is 9.76. The van der Waals surface area contributed by atoms with E-state index in [2.05, 4.69) is 16.1 Å². The number of hydrazine groups is 1. The molecule has 1 saturated heterocycles. The first-order chi connectivity index (χ1) is 15.0. The van der Waals surface area contributed by atoms with Crippen molar-refractivity contribution in [2.75, 3.05) is 20.2 Å². The number of carbonyl (C=O) groups is 2. The normalized spacial score (nSPS) is 31.8. The van der Waals surface area contributed by atoms with E-state index in [1.54, 1.807) is 0 Å². The Morgan fingerprint density at radius 2 is 2.03 bits per heavy atom. The van der Waals surface area contributed by atoms with E-state index in [-0.39, 0.29) is 35.9 Å². The summed E-state index contributed by atoms with van der Waals surface area (Å²) in [7, 11) is 1.27. The van der Waals surface area contributed by atoms with Crippen LogP contribution in [0.5, 0.6) is 5.75 Å². The molecule has 176 valence electrons. The van der Waals surface area contributed by atoms with Crippen LogP contribution in [0.3, 0.4) is 0 Å². The molecule has 1 aromatic rings. The summed E-state index contributed by atoms with van der Waals surface area (Å²) in [5.74, 6) is -2.64. The Bertz CT molecular complexity index is 909. The van der Waals surface area contributed by atoms with E-state index < -0.39 is 41.3 Å². The molecule has 12 heteroatoms. The van der Waals surface area contributed by atoms with Crippen molar-refractivity contribution in [3.05, 3.63) is 29.0 Å². The van der Waals surface area contributed by atoms with Crippen molar-refractivity contribution in [3.8, 4) is 5.75 Å². The van der Waals surface area contributed by atoms with Crippen LogP contribution in [0, 0.1) is 17.7 Å². The van der Waals surface area contributed by atoms with Gasteiger partial charge in [0.05, 0.1) is 10.9 Å². The first-order valence-electron chi connectivity index (χ1n) is 10.2. The van der Waals surface area contributed by atoms with Gasteiger partial charge in [-0.15, -0.1) is 0 Å². The first-order valence-corrected chi connectivity index (χ1v) is 10.6. The van der Waals surface area contributed by atoms with Crippen LogP contribution in [0.4, 0.5) is 17.6 Å². The Hall–Kier alpha value is -2.11. The largest absolute Gasteiger partial charge is 0.484 e. The fourth-order valence-electron chi connectivity index (χ4n) is 5.03. The summed E-state index contributed by atoms with van der Waals surface area (Å²) in [6, 6.07) is 1.75. The van der Waals surface area contributed by atoms with Gasteiger partial charge in [-0.3, -0.25) is 15.0 Å². The van der Waals surface area contributed by atoms with Gasteiger partial charge in [0.15, 0.2) is 6.61 Å². The highest BCUT2D eigenvalue weighted by Crippen LogP contribution is 2.52. The van der Waals surface area contributed by atoms with E-state index in [4.69, 9.17) is 16.3 Å². The third kappa shape index (κ3) is 4.51. The second kappa shape index (κ2) is 8.35. The third-order valence-electron chi connectivity index (χ3n) is 6.51. The zero-order chi connectivity index (χ0) is 23.3. The van der Waals surface area contributed by atoms with E-state index >= 15 is 0 Å². The molecule has 1 aromatic carbocycles. The lowest BCUT2D eigenvalue weighted by molar-refractivity contribution is -0.188. The maximum atomic E-state index is 13.4. The molecule has 5 rings (SSSR count). The van der Waals surface area contributed by atoms with Crippen LogP contribution in [0.1, 0.15) is 19.3 Å². The molecule has 3 aliphatic carbocycles. The van der Waals surface area contributed by atoms with Crippen LogP contribution >= 0.6 is 11.6 Å². The van der Waals surface area contributed by atoms with E-state index in [0.29, 0.717) is 19.3 Å². The van der Waals surface area contributed by atoms with E-state index in [9.17, 15) is 27.2 Å². The lowest BCUT2D eigenvalue weighted by Crippen LogP contribution is -2.56. The van der Waals surface area contributed by atoms with Crippen LogP contribution in [0.15, 0.2) is 18.2 Å². The van der Waals surface area contributed by atoms with E-state index in [0.717, 1.165) is 11.1 Å². The second-order valence-electron chi connectivity index (χ2n) is 8.75. The van der Waals surface area contributed by atoms with Gasteiger partial charge in [0.25, 0.3) is 5.91 Å². The molecular weight excluding hydrogens is 456 g/mol. The molecule has 0 spiro atoms. The number of benzene rings is 1. The molecule has 2 amide bonds. The van der Waals surface area contributed by atoms with Crippen LogP contribution < -0.4 is 20.8 Å². The van der Waals surface area contributed by atoms with Crippen molar-refractivity contribution >= 4 is 23.4 Å². The molecule has 32 heavy (non-hydrogen) atoms. The summed E-state index contributed by atoms with van der Waals surface area (Å²) in [6.45, 7) is -0.411. The van der Waals surface area contributed by atoms with Crippen molar-refractivity contribution in [1.82, 2.24) is 21.1 Å². The molecule has 0 aromatic heterocycles. The minimum Gasteiger partial charge on any atom is -0.484 e. The molecule has 2 bridgehead atoms. The molecule has 3 saturated carbocycles. The van der Waals surface area contributed by atoms with Crippen LogP contribution in [0.2, 0.25) is 5.02 Å². The number of hydrogen-bond donors (Lipinski definition) is 3. The molecule has 1 heterocycles. The number of rotatable bonds is 6. The Morgan fingerprint density at radius 3 is 2.69 bits per heavy atom. The molecule has 3 atom stereocenters. The number of halogens is 5. The fourth-order valence-corrected chi connectivity index (χ4v) is 5.15. The van der Waals surface area contributed by atoms with Crippen LogP contribution in [0.25, 0.3) is 0 Å². The maximum absolute atomic E-state index is 13.4. The monoisotopic (exact) mass is 478 g/mol. The molecule has 3 N–H and O–H groups in total. The van der Waals surface area contributed by atoms with Gasteiger partial charge in [0, 0.05) is 31.2 Å². The number of amides is 2. The predicted molar refractivity (Wildman–Crippen MR) is 106 cm³/mol. The zero-order valence-electron chi connectivity index (χ0n) is 17.1. The van der Waals surface area contributed by atoms with Crippen molar-refractivity contribution < 1.29 is 31.9 Å². The zero-order valence-corrected chi connectivity index (χ0v) is 17.9. The van der Waals surface area contributed by atoms with E-state index in [1.165, 1.54) is 19.2 Å². The lowest BCUT2D eigenvalue weighted by Gasteiger charge is -2.40. The first kappa shape index (κ1) is 23.1. The molecular formula is C20H23ClF4N4O3. The molecule has 4 aliphatic rings. The predicted octanol–water partition coefficient (Wildman–Crippen LogP) is 2.01. The number of ether oxygens (including phenoxy) is 1. The summed E-state index contributed by atoms with van der Waals surface area (Å²) in [6.07, 6.45) is -2.89. The van der Waals surface area contributed by atoms with Gasteiger partial charge in [0.2, 0.25) is 5.91 Å². The third-order valence-corrected chi connectivity index (χ3v) is 6.82. The highest BCUT2D eigenvalue weighted by molar-refractivity contribution is 6.30. The molecule has 2 unspecified atom stereocenters. The highest BCUT2D eigenvalue weighted by atomic mass is 35.5. The van der Waals surface area contributed by atoms with Crippen molar-refractivity contribution in [2.24, 2.45) is 11.8 Å². The second-order valence-corrected chi connectivity index (χ2v) is 9.15. The number of hydrogen-bond acceptors (Lipinski definition) is 5. The number of nitrogens with zero attached hydrogens (tertiary/aromatic N) is 1. The summed E-state index contributed by atoms with van der Waals surface area (Å²) >= 11 is 5.60. The van der Waals surface area contributed by atoms with Gasteiger partial charge in [-0.2, -0.15) is 13.2 Å². The van der Waals surface area contributed by atoms with Gasteiger partial charge in [0.1, 0.15) is 17.6 Å². The maximum Gasteiger partial charge on any atom is 0.406 e. The van der Waals surface area contributed by atoms with Crippen LogP contribution in [-0.4, -0.2) is 60.8 Å². The number of nitrogens with one attached hydrogen (secondary N) is 3. The van der Waals surface area contributed by atoms with E-state index in [1.807, 2.05) is 0 Å². The summed E-state index contributed by atoms with van der Waals surface area (Å²) < 4.78 is 58.7. The minimum atomic E-state index is -4.53. The highest BCUT2D eigenvalue weighted by Gasteiger charge is 2.59. The molecule has 7 nitrogen and oxygen atoms in total. The quantitative estimate of drug-likeness (QED) is 0.545. The van der Waals surface area contributed by atoms with Crippen molar-refractivity contribution in [1.29, 1.82) is 0 Å². The van der Waals surface area contributed by atoms with Crippen molar-refractivity contribution in [2.45, 2.75) is 43.1 Å². The Balaban J connectivity index is 1.28.